The lowest BCUT2D eigenvalue weighted by Gasteiger charge is -2.15. The number of rotatable bonds is 5. The minimum atomic E-state index is -1.03. The van der Waals surface area contributed by atoms with Crippen LogP contribution in [0, 0.1) is 7.14 Å². The van der Waals surface area contributed by atoms with Crippen molar-refractivity contribution in [3.8, 4) is 5.75 Å². The highest BCUT2D eigenvalue weighted by Gasteiger charge is 2.20. The maximum absolute atomic E-state index is 12.1. The van der Waals surface area contributed by atoms with E-state index in [-0.39, 0.29) is 5.57 Å². The van der Waals surface area contributed by atoms with Gasteiger partial charge in [0.05, 0.1) is 0 Å². The zero-order valence-electron chi connectivity index (χ0n) is 13.5. The lowest BCUT2D eigenvalue weighted by atomic mass is 10.0. The van der Waals surface area contributed by atoms with Gasteiger partial charge in [-0.2, -0.15) is 0 Å². The molecule has 3 nitrogen and oxygen atoms in total. The molecule has 0 spiro atoms. The first kappa shape index (κ1) is 18.9. The van der Waals surface area contributed by atoms with Gasteiger partial charge in [-0.05, 0) is 87.1 Å². The van der Waals surface area contributed by atoms with E-state index in [2.05, 4.69) is 45.2 Å². The summed E-state index contributed by atoms with van der Waals surface area (Å²) in [5.74, 6) is -0.121. The highest BCUT2D eigenvalue weighted by atomic mass is 127. The molecule has 5 heteroatoms. The Kier molecular flexibility index (Phi) is 6.31. The zero-order valence-corrected chi connectivity index (χ0v) is 17.8. The van der Waals surface area contributed by atoms with Crippen molar-refractivity contribution >= 4 is 62.5 Å². The first-order valence-electron chi connectivity index (χ1n) is 7.77. The number of hydrogen-bond acceptors (Lipinski definition) is 2. The van der Waals surface area contributed by atoms with E-state index in [9.17, 15) is 9.90 Å². The van der Waals surface area contributed by atoms with Crippen LogP contribution in [-0.2, 0) is 4.79 Å². The maximum atomic E-state index is 12.1. The molecule has 0 radical (unpaired) electrons. The van der Waals surface area contributed by atoms with Gasteiger partial charge in [0.1, 0.15) is 17.1 Å². The number of aliphatic carboxylic acids is 1. The van der Waals surface area contributed by atoms with Crippen LogP contribution in [0.25, 0.3) is 11.3 Å². The van der Waals surface area contributed by atoms with E-state index in [1.807, 2.05) is 66.7 Å². The van der Waals surface area contributed by atoms with Crippen molar-refractivity contribution in [2.45, 2.75) is 0 Å². The van der Waals surface area contributed by atoms with Crippen LogP contribution in [0.1, 0.15) is 11.1 Å². The summed E-state index contributed by atoms with van der Waals surface area (Å²) in [7, 11) is 0. The van der Waals surface area contributed by atoms with Crippen molar-refractivity contribution < 1.29 is 14.6 Å². The minimum Gasteiger partial charge on any atom is -0.478 e. The highest BCUT2D eigenvalue weighted by molar-refractivity contribution is 14.1. The van der Waals surface area contributed by atoms with E-state index >= 15 is 0 Å². The van der Waals surface area contributed by atoms with E-state index in [0.29, 0.717) is 22.6 Å². The molecule has 3 aromatic carbocycles. The van der Waals surface area contributed by atoms with Gasteiger partial charge in [0.15, 0.2) is 0 Å². The SMILES string of the molecule is O=C(O)/C(=C(/Oc1ccc(I)cc1)c1ccccc1)c1ccc(I)cc1. The third kappa shape index (κ3) is 4.64. The van der Waals surface area contributed by atoms with Crippen LogP contribution in [0.2, 0.25) is 0 Å². The van der Waals surface area contributed by atoms with Gasteiger partial charge >= 0.3 is 5.97 Å². The van der Waals surface area contributed by atoms with Crippen LogP contribution < -0.4 is 4.74 Å². The highest BCUT2D eigenvalue weighted by Crippen LogP contribution is 2.30. The van der Waals surface area contributed by atoms with Gasteiger partial charge in [-0.15, -0.1) is 0 Å². The van der Waals surface area contributed by atoms with Crippen LogP contribution in [0.4, 0.5) is 0 Å². The molecule has 1 N–H and O–H groups in total. The third-order valence-electron chi connectivity index (χ3n) is 3.64. The fourth-order valence-corrected chi connectivity index (χ4v) is 3.15. The second-order valence-electron chi connectivity index (χ2n) is 5.44. The molecular formula is C21H14I2O3. The smallest absolute Gasteiger partial charge is 0.340 e. The molecule has 0 aliphatic rings. The summed E-state index contributed by atoms with van der Waals surface area (Å²) in [4.78, 5) is 12.1. The number of carboxylic acid groups (broad SMARTS) is 1. The molecule has 0 amide bonds. The standard InChI is InChI=1S/C21H14I2O3/c22-16-8-6-14(7-9-16)19(21(24)25)20(15-4-2-1-3-5-15)26-18-12-10-17(23)11-13-18/h1-13H,(H,24,25)/b20-19+. The average molecular weight is 568 g/mol. The summed E-state index contributed by atoms with van der Waals surface area (Å²) in [6.07, 6.45) is 0. The molecule has 0 atom stereocenters. The Balaban J connectivity index is 2.18. The molecule has 0 heterocycles. The molecule has 0 aliphatic carbocycles. The third-order valence-corrected chi connectivity index (χ3v) is 5.08. The van der Waals surface area contributed by atoms with Gasteiger partial charge in [-0.1, -0.05) is 42.5 Å². The van der Waals surface area contributed by atoms with Crippen molar-refractivity contribution in [3.05, 3.63) is 97.1 Å². The fourth-order valence-electron chi connectivity index (χ4n) is 2.43. The van der Waals surface area contributed by atoms with Crippen LogP contribution in [0.15, 0.2) is 78.9 Å². The van der Waals surface area contributed by atoms with Crippen molar-refractivity contribution in [2.75, 3.05) is 0 Å². The normalized spacial score (nSPS) is 11.6. The van der Waals surface area contributed by atoms with Gasteiger partial charge in [-0.25, -0.2) is 4.79 Å². The lowest BCUT2D eigenvalue weighted by Crippen LogP contribution is -2.08. The Morgan fingerprint density at radius 1 is 0.731 bits per heavy atom. The summed E-state index contributed by atoms with van der Waals surface area (Å²) < 4.78 is 8.17. The Hall–Kier alpha value is -1.87. The van der Waals surface area contributed by atoms with Gasteiger partial charge in [0.25, 0.3) is 0 Å². The number of carbonyl (C=O) groups is 1. The molecule has 0 saturated heterocycles. The van der Waals surface area contributed by atoms with E-state index in [1.165, 1.54) is 0 Å². The molecule has 3 rings (SSSR count). The van der Waals surface area contributed by atoms with E-state index in [4.69, 9.17) is 4.74 Å². The van der Waals surface area contributed by atoms with E-state index in [1.54, 1.807) is 12.1 Å². The molecule has 130 valence electrons. The monoisotopic (exact) mass is 568 g/mol. The number of hydrogen-bond donors (Lipinski definition) is 1. The van der Waals surface area contributed by atoms with Crippen LogP contribution >= 0.6 is 45.2 Å². The molecule has 0 saturated carbocycles. The molecule has 0 fully saturated rings. The van der Waals surface area contributed by atoms with Crippen molar-refractivity contribution in [3.63, 3.8) is 0 Å². The topological polar surface area (TPSA) is 46.5 Å². The second kappa shape index (κ2) is 8.68. The summed E-state index contributed by atoms with van der Waals surface area (Å²) in [5.41, 5.74) is 1.44. The van der Waals surface area contributed by atoms with Crippen LogP contribution in [0.3, 0.4) is 0 Å². The molecule has 26 heavy (non-hydrogen) atoms. The largest absolute Gasteiger partial charge is 0.478 e. The zero-order chi connectivity index (χ0) is 18.5. The molecule has 3 aromatic rings. The lowest BCUT2D eigenvalue weighted by molar-refractivity contribution is -0.130. The second-order valence-corrected chi connectivity index (χ2v) is 7.93. The van der Waals surface area contributed by atoms with Crippen molar-refractivity contribution in [2.24, 2.45) is 0 Å². The summed E-state index contributed by atoms with van der Waals surface area (Å²) in [6.45, 7) is 0. The van der Waals surface area contributed by atoms with Crippen LogP contribution in [0.5, 0.6) is 5.75 Å². The number of ether oxygens (including phenoxy) is 1. The molecule has 0 bridgehead atoms. The first-order valence-corrected chi connectivity index (χ1v) is 9.92. The average Bonchev–Trinajstić information content (AvgIpc) is 2.65. The Bertz CT molecular complexity index is 931. The number of benzene rings is 3. The molecular weight excluding hydrogens is 554 g/mol. The minimum absolute atomic E-state index is 0.131. The van der Waals surface area contributed by atoms with Crippen molar-refractivity contribution in [1.29, 1.82) is 0 Å². The predicted octanol–water partition coefficient (Wildman–Crippen LogP) is 5.93. The Labute approximate surface area is 179 Å². The molecule has 0 aromatic heterocycles. The number of carboxylic acids is 1. The summed E-state index contributed by atoms with van der Waals surface area (Å²) in [5, 5.41) is 9.91. The Morgan fingerprint density at radius 2 is 1.27 bits per heavy atom. The van der Waals surface area contributed by atoms with Crippen LogP contribution in [-0.4, -0.2) is 11.1 Å². The fraction of sp³-hybridized carbons (Fsp3) is 0. The van der Waals surface area contributed by atoms with Gasteiger partial charge < -0.3 is 9.84 Å². The van der Waals surface area contributed by atoms with Gasteiger partial charge in [0, 0.05) is 12.7 Å². The summed E-state index contributed by atoms with van der Waals surface area (Å²) >= 11 is 4.41. The summed E-state index contributed by atoms with van der Waals surface area (Å²) in [6, 6.07) is 24.2. The molecule has 0 aliphatic heterocycles. The van der Waals surface area contributed by atoms with Gasteiger partial charge in [-0.3, -0.25) is 0 Å². The maximum Gasteiger partial charge on any atom is 0.340 e. The predicted molar refractivity (Wildman–Crippen MR) is 120 cm³/mol. The Morgan fingerprint density at radius 3 is 1.81 bits per heavy atom. The van der Waals surface area contributed by atoms with E-state index in [0.717, 1.165) is 7.14 Å². The number of halogens is 2. The first-order chi connectivity index (χ1) is 12.5. The quantitative estimate of drug-likeness (QED) is 0.180. The molecule has 0 unspecified atom stereocenters. The van der Waals surface area contributed by atoms with E-state index < -0.39 is 5.97 Å². The van der Waals surface area contributed by atoms with Crippen molar-refractivity contribution in [1.82, 2.24) is 0 Å². The van der Waals surface area contributed by atoms with Gasteiger partial charge in [0.2, 0.25) is 0 Å².